The van der Waals surface area contributed by atoms with E-state index in [0.717, 1.165) is 12.5 Å². The van der Waals surface area contributed by atoms with Gasteiger partial charge in [0.05, 0.1) is 0 Å². The Morgan fingerprint density at radius 3 is 2.83 bits per heavy atom. The summed E-state index contributed by atoms with van der Waals surface area (Å²) < 4.78 is 4.52. The number of ether oxygens (including phenoxy) is 1. The number of aliphatic hydroxyl groups excluding tert-OH is 1. The maximum Gasteiger partial charge on any atom is 0.333 e. The van der Waals surface area contributed by atoms with E-state index in [9.17, 15) is 15.0 Å². The average molecular weight is 172 g/mol. The van der Waals surface area contributed by atoms with E-state index in [2.05, 4.69) is 4.74 Å². The van der Waals surface area contributed by atoms with Gasteiger partial charge in [0.25, 0.3) is 5.79 Å². The van der Waals surface area contributed by atoms with Gasteiger partial charge in [0.15, 0.2) is 0 Å². The standard InChI is InChI=1S/C8H12O4/c1-2-3-6(9)8(11)5-4-7(10)12-8/h4-6,9,11H,2-3H2,1H3/t6-,8+/m1/s1. The third-order valence-corrected chi connectivity index (χ3v) is 1.76. The number of rotatable bonds is 3. The molecule has 0 saturated heterocycles. The van der Waals surface area contributed by atoms with E-state index in [4.69, 9.17) is 0 Å². The third-order valence-electron chi connectivity index (χ3n) is 1.76. The van der Waals surface area contributed by atoms with Crippen LogP contribution in [0, 0.1) is 0 Å². The second-order valence-electron chi connectivity index (χ2n) is 2.81. The van der Waals surface area contributed by atoms with Crippen LogP contribution >= 0.6 is 0 Å². The molecule has 0 aromatic carbocycles. The van der Waals surface area contributed by atoms with Crippen molar-refractivity contribution in [1.82, 2.24) is 0 Å². The van der Waals surface area contributed by atoms with Crippen LogP contribution in [0.25, 0.3) is 0 Å². The Kier molecular flexibility index (Phi) is 2.49. The summed E-state index contributed by atoms with van der Waals surface area (Å²) >= 11 is 0. The molecule has 1 aliphatic heterocycles. The predicted molar refractivity (Wildman–Crippen MR) is 41.1 cm³/mol. The van der Waals surface area contributed by atoms with E-state index in [1.165, 1.54) is 6.08 Å². The molecule has 2 atom stereocenters. The van der Waals surface area contributed by atoms with Crippen molar-refractivity contribution in [2.45, 2.75) is 31.7 Å². The lowest BCUT2D eigenvalue weighted by Crippen LogP contribution is -2.41. The van der Waals surface area contributed by atoms with Crippen LogP contribution in [0.2, 0.25) is 0 Å². The van der Waals surface area contributed by atoms with Crippen molar-refractivity contribution in [2.75, 3.05) is 0 Å². The minimum Gasteiger partial charge on any atom is -0.423 e. The highest BCUT2D eigenvalue weighted by molar-refractivity contribution is 5.84. The molecule has 0 radical (unpaired) electrons. The van der Waals surface area contributed by atoms with Gasteiger partial charge >= 0.3 is 5.97 Å². The van der Waals surface area contributed by atoms with Crippen LogP contribution in [0.15, 0.2) is 12.2 Å². The summed E-state index contributed by atoms with van der Waals surface area (Å²) in [6, 6.07) is 0. The molecule has 12 heavy (non-hydrogen) atoms. The zero-order chi connectivity index (χ0) is 9.19. The van der Waals surface area contributed by atoms with Gasteiger partial charge in [0, 0.05) is 6.08 Å². The summed E-state index contributed by atoms with van der Waals surface area (Å²) in [5.41, 5.74) is 0. The molecule has 2 N–H and O–H groups in total. The number of carbonyl (C=O) groups excluding carboxylic acids is 1. The van der Waals surface area contributed by atoms with Gasteiger partial charge < -0.3 is 14.9 Å². The van der Waals surface area contributed by atoms with Gasteiger partial charge in [-0.25, -0.2) is 4.79 Å². The van der Waals surface area contributed by atoms with Crippen LogP contribution in [0.3, 0.4) is 0 Å². The van der Waals surface area contributed by atoms with Crippen molar-refractivity contribution < 1.29 is 19.7 Å². The summed E-state index contributed by atoms with van der Waals surface area (Å²) in [4.78, 5) is 10.6. The molecule has 0 aromatic rings. The Bertz CT molecular complexity index is 211. The van der Waals surface area contributed by atoms with Crippen molar-refractivity contribution in [1.29, 1.82) is 0 Å². The minimum atomic E-state index is -1.80. The Hall–Kier alpha value is -0.870. The smallest absolute Gasteiger partial charge is 0.333 e. The molecule has 0 unspecified atom stereocenters. The highest BCUT2D eigenvalue weighted by atomic mass is 16.7. The van der Waals surface area contributed by atoms with Crippen molar-refractivity contribution in [3.8, 4) is 0 Å². The lowest BCUT2D eigenvalue weighted by atomic mass is 10.1. The van der Waals surface area contributed by atoms with Crippen LogP contribution in [0.4, 0.5) is 0 Å². The van der Waals surface area contributed by atoms with E-state index >= 15 is 0 Å². The zero-order valence-electron chi connectivity index (χ0n) is 6.86. The Morgan fingerprint density at radius 2 is 2.42 bits per heavy atom. The minimum absolute atomic E-state index is 0.397. The van der Waals surface area contributed by atoms with E-state index in [-0.39, 0.29) is 0 Å². The molecule has 1 heterocycles. The maximum atomic E-state index is 10.6. The Morgan fingerprint density at radius 1 is 1.75 bits per heavy atom. The van der Waals surface area contributed by atoms with Gasteiger partial charge in [-0.05, 0) is 12.5 Å². The average Bonchev–Trinajstić information content (AvgIpc) is 2.33. The molecule has 68 valence electrons. The number of aliphatic hydroxyl groups is 2. The first kappa shape index (κ1) is 9.22. The fourth-order valence-electron chi connectivity index (χ4n) is 1.08. The number of hydrogen-bond acceptors (Lipinski definition) is 4. The summed E-state index contributed by atoms with van der Waals surface area (Å²) in [5, 5.41) is 18.8. The number of cyclic esters (lactones) is 1. The van der Waals surface area contributed by atoms with Gasteiger partial charge in [-0.15, -0.1) is 0 Å². The van der Waals surface area contributed by atoms with Crippen LogP contribution in [0.1, 0.15) is 19.8 Å². The van der Waals surface area contributed by atoms with Gasteiger partial charge in [-0.3, -0.25) is 0 Å². The molecule has 1 aliphatic rings. The largest absolute Gasteiger partial charge is 0.423 e. The number of esters is 1. The molecule has 0 aliphatic carbocycles. The summed E-state index contributed by atoms with van der Waals surface area (Å²) in [7, 11) is 0. The number of hydrogen-bond donors (Lipinski definition) is 2. The molecule has 1 rings (SSSR count). The monoisotopic (exact) mass is 172 g/mol. The lowest BCUT2D eigenvalue weighted by molar-refractivity contribution is -0.212. The maximum absolute atomic E-state index is 10.6. The first-order chi connectivity index (χ1) is 5.58. The molecular formula is C8H12O4. The predicted octanol–water partition coefficient (Wildman–Crippen LogP) is -0.0510. The van der Waals surface area contributed by atoms with E-state index in [0.29, 0.717) is 6.42 Å². The summed E-state index contributed by atoms with van der Waals surface area (Å²) in [6.45, 7) is 1.87. The summed E-state index contributed by atoms with van der Waals surface area (Å²) in [6.07, 6.45) is 2.36. The normalized spacial score (nSPS) is 30.4. The fourth-order valence-corrected chi connectivity index (χ4v) is 1.08. The van der Waals surface area contributed by atoms with Gasteiger partial charge in [-0.1, -0.05) is 13.3 Å². The second-order valence-corrected chi connectivity index (χ2v) is 2.81. The Labute approximate surface area is 70.5 Å². The van der Waals surface area contributed by atoms with Crippen LogP contribution in [-0.2, 0) is 9.53 Å². The highest BCUT2D eigenvalue weighted by Gasteiger charge is 2.40. The molecule has 0 aromatic heterocycles. The van der Waals surface area contributed by atoms with Gasteiger partial charge in [0.2, 0.25) is 0 Å². The second kappa shape index (κ2) is 3.25. The van der Waals surface area contributed by atoms with Crippen LogP contribution in [0.5, 0.6) is 0 Å². The van der Waals surface area contributed by atoms with Crippen LogP contribution < -0.4 is 0 Å². The summed E-state index contributed by atoms with van der Waals surface area (Å²) in [5.74, 6) is -2.42. The van der Waals surface area contributed by atoms with Crippen molar-refractivity contribution in [3.05, 3.63) is 12.2 Å². The Balaban J connectivity index is 2.61. The zero-order valence-corrected chi connectivity index (χ0v) is 6.86. The molecule has 4 heteroatoms. The molecule has 0 fully saturated rings. The molecule has 0 spiro atoms. The molecular weight excluding hydrogens is 160 g/mol. The van der Waals surface area contributed by atoms with Crippen molar-refractivity contribution in [3.63, 3.8) is 0 Å². The third kappa shape index (κ3) is 1.65. The molecule has 0 saturated carbocycles. The first-order valence-corrected chi connectivity index (χ1v) is 3.91. The van der Waals surface area contributed by atoms with Crippen molar-refractivity contribution in [2.24, 2.45) is 0 Å². The van der Waals surface area contributed by atoms with Gasteiger partial charge in [-0.2, -0.15) is 0 Å². The van der Waals surface area contributed by atoms with E-state index in [1.807, 2.05) is 6.92 Å². The fraction of sp³-hybridized carbons (Fsp3) is 0.625. The van der Waals surface area contributed by atoms with Crippen molar-refractivity contribution >= 4 is 5.97 Å². The molecule has 0 amide bonds. The number of carbonyl (C=O) groups is 1. The van der Waals surface area contributed by atoms with Gasteiger partial charge in [0.1, 0.15) is 6.10 Å². The highest BCUT2D eigenvalue weighted by Crippen LogP contribution is 2.23. The first-order valence-electron chi connectivity index (χ1n) is 3.91. The van der Waals surface area contributed by atoms with E-state index in [1.54, 1.807) is 0 Å². The molecule has 4 nitrogen and oxygen atoms in total. The van der Waals surface area contributed by atoms with Crippen LogP contribution in [-0.4, -0.2) is 28.1 Å². The quantitative estimate of drug-likeness (QED) is 0.586. The van der Waals surface area contributed by atoms with E-state index < -0.39 is 17.9 Å². The topological polar surface area (TPSA) is 66.8 Å². The SMILES string of the molecule is CCC[C@@H](O)[C@]1(O)C=CC(=O)O1. The molecule has 0 bridgehead atoms. The lowest BCUT2D eigenvalue weighted by Gasteiger charge is -2.25.